The monoisotopic (exact) mass is 359 g/mol. The number of carbonyl (C=O) groups is 1. The summed E-state index contributed by atoms with van der Waals surface area (Å²) in [7, 11) is 0. The molecule has 1 atom stereocenters. The van der Waals surface area contributed by atoms with Crippen molar-refractivity contribution >= 4 is 17.3 Å². The zero-order valence-electron chi connectivity index (χ0n) is 16.1. The molecule has 4 heteroatoms. The van der Waals surface area contributed by atoms with Gasteiger partial charge in [0.15, 0.2) is 0 Å². The molecule has 1 N–H and O–H groups in total. The normalized spacial score (nSPS) is 16.0. The molecule has 4 nitrogen and oxygen atoms in total. The quantitative estimate of drug-likeness (QED) is 0.626. The summed E-state index contributed by atoms with van der Waals surface area (Å²) in [6.45, 7) is 6.23. The number of carbonyl (C=O) groups excluding carboxylic acids is 1. The van der Waals surface area contributed by atoms with E-state index >= 15 is 0 Å². The van der Waals surface area contributed by atoms with Gasteiger partial charge in [-0.2, -0.15) is 5.26 Å². The second-order valence-corrected chi connectivity index (χ2v) is 6.86. The van der Waals surface area contributed by atoms with E-state index in [2.05, 4.69) is 38.2 Å². The third kappa shape index (κ3) is 3.73. The first-order valence-electron chi connectivity index (χ1n) is 9.49. The minimum absolute atomic E-state index is 0.117. The van der Waals surface area contributed by atoms with Gasteiger partial charge in [-0.1, -0.05) is 50.2 Å². The molecular formula is C23H25N3O. The molecule has 0 saturated heterocycles. The summed E-state index contributed by atoms with van der Waals surface area (Å²) in [6.07, 6.45) is 4.24. The molecule has 1 aliphatic heterocycles. The van der Waals surface area contributed by atoms with Gasteiger partial charge in [0.25, 0.3) is 5.91 Å². The van der Waals surface area contributed by atoms with E-state index in [0.717, 1.165) is 41.8 Å². The molecule has 1 aliphatic rings. The van der Waals surface area contributed by atoms with Crippen LogP contribution in [0.5, 0.6) is 0 Å². The van der Waals surface area contributed by atoms with E-state index < -0.39 is 0 Å². The molecule has 1 amide bonds. The lowest BCUT2D eigenvalue weighted by Crippen LogP contribution is -2.26. The van der Waals surface area contributed by atoms with Gasteiger partial charge in [0.2, 0.25) is 0 Å². The Bertz CT molecular complexity index is 901. The number of benzene rings is 2. The highest BCUT2D eigenvalue weighted by atomic mass is 16.1. The maximum Gasteiger partial charge on any atom is 0.267 e. The smallest absolute Gasteiger partial charge is 0.267 e. The molecule has 0 fully saturated rings. The Kier molecular flexibility index (Phi) is 5.61. The fourth-order valence-electron chi connectivity index (χ4n) is 3.65. The second kappa shape index (κ2) is 8.09. The van der Waals surface area contributed by atoms with E-state index in [1.54, 1.807) is 6.20 Å². The van der Waals surface area contributed by atoms with Crippen molar-refractivity contribution in [2.75, 3.05) is 10.2 Å². The van der Waals surface area contributed by atoms with Crippen molar-refractivity contribution in [2.45, 2.75) is 46.1 Å². The predicted molar refractivity (Wildman–Crippen MR) is 110 cm³/mol. The van der Waals surface area contributed by atoms with Crippen LogP contribution in [0.2, 0.25) is 0 Å². The zero-order valence-corrected chi connectivity index (χ0v) is 16.1. The van der Waals surface area contributed by atoms with Crippen LogP contribution in [0.3, 0.4) is 0 Å². The molecule has 0 bridgehead atoms. The average molecular weight is 359 g/mol. The van der Waals surface area contributed by atoms with Crippen LogP contribution in [-0.2, 0) is 24.1 Å². The van der Waals surface area contributed by atoms with E-state index in [1.165, 1.54) is 5.56 Å². The Morgan fingerprint density at radius 3 is 2.48 bits per heavy atom. The molecule has 3 rings (SSSR count). The van der Waals surface area contributed by atoms with Crippen molar-refractivity contribution in [1.29, 1.82) is 5.26 Å². The third-order valence-corrected chi connectivity index (χ3v) is 5.13. The third-order valence-electron chi connectivity index (χ3n) is 5.13. The van der Waals surface area contributed by atoms with Gasteiger partial charge in [0.05, 0.1) is 0 Å². The SMILES string of the molecule is CCc1cccc(CC)c1NC(=O)/C(C#N)=C\N1c2ccccc2CC1C. The summed E-state index contributed by atoms with van der Waals surface area (Å²) in [4.78, 5) is 14.9. The van der Waals surface area contributed by atoms with Gasteiger partial charge in [-0.15, -0.1) is 0 Å². The average Bonchev–Trinajstić information content (AvgIpc) is 3.01. The number of fused-ring (bicyclic) bond motifs is 1. The first-order chi connectivity index (χ1) is 13.1. The van der Waals surface area contributed by atoms with Crippen molar-refractivity contribution in [3.8, 4) is 6.07 Å². The number of hydrogen-bond donors (Lipinski definition) is 1. The number of rotatable bonds is 5. The zero-order chi connectivity index (χ0) is 19.4. The lowest BCUT2D eigenvalue weighted by atomic mass is 10.0. The lowest BCUT2D eigenvalue weighted by molar-refractivity contribution is -0.112. The first kappa shape index (κ1) is 18.7. The topological polar surface area (TPSA) is 56.1 Å². The molecule has 2 aromatic carbocycles. The maximum atomic E-state index is 12.9. The fraction of sp³-hybridized carbons (Fsp3) is 0.304. The molecule has 0 spiro atoms. The summed E-state index contributed by atoms with van der Waals surface area (Å²) in [5.41, 5.74) is 5.42. The summed E-state index contributed by atoms with van der Waals surface area (Å²) in [5.74, 6) is -0.357. The number of nitrogens with one attached hydrogen (secondary N) is 1. The Labute approximate surface area is 161 Å². The molecule has 1 unspecified atom stereocenters. The minimum Gasteiger partial charge on any atom is -0.343 e. The Hall–Kier alpha value is -3.06. The molecule has 2 aromatic rings. The minimum atomic E-state index is -0.357. The van der Waals surface area contributed by atoms with Crippen LogP contribution in [0.15, 0.2) is 54.2 Å². The number of aryl methyl sites for hydroxylation is 2. The number of nitriles is 1. The number of nitrogens with zero attached hydrogens (tertiary/aromatic N) is 2. The standard InChI is InChI=1S/C23H25N3O/c1-4-17-10-8-11-18(5-2)22(17)25-23(27)20(14-24)15-26-16(3)13-19-9-6-7-12-21(19)26/h6-12,15-16H,4-5,13H2,1-3H3,(H,25,27)/b20-15-. The highest BCUT2D eigenvalue weighted by Gasteiger charge is 2.25. The van der Waals surface area contributed by atoms with Crippen LogP contribution in [0.1, 0.15) is 37.5 Å². The van der Waals surface area contributed by atoms with E-state index in [9.17, 15) is 10.1 Å². The summed E-state index contributed by atoms with van der Waals surface area (Å²) in [5, 5.41) is 12.6. The molecule has 0 aliphatic carbocycles. The van der Waals surface area contributed by atoms with Crippen molar-refractivity contribution in [1.82, 2.24) is 0 Å². The highest BCUT2D eigenvalue weighted by molar-refractivity contribution is 6.07. The van der Waals surface area contributed by atoms with E-state index in [-0.39, 0.29) is 17.5 Å². The highest BCUT2D eigenvalue weighted by Crippen LogP contribution is 2.32. The van der Waals surface area contributed by atoms with Gasteiger partial charge >= 0.3 is 0 Å². The number of para-hydroxylation sites is 2. The van der Waals surface area contributed by atoms with Crippen LogP contribution >= 0.6 is 0 Å². The van der Waals surface area contributed by atoms with Gasteiger partial charge in [0, 0.05) is 23.6 Å². The van der Waals surface area contributed by atoms with Gasteiger partial charge in [0.1, 0.15) is 11.6 Å². The van der Waals surface area contributed by atoms with Gasteiger partial charge in [-0.25, -0.2) is 0 Å². The van der Waals surface area contributed by atoms with Crippen LogP contribution in [0.25, 0.3) is 0 Å². The second-order valence-electron chi connectivity index (χ2n) is 6.86. The fourth-order valence-corrected chi connectivity index (χ4v) is 3.65. The van der Waals surface area contributed by atoms with Crippen LogP contribution in [-0.4, -0.2) is 11.9 Å². The first-order valence-corrected chi connectivity index (χ1v) is 9.49. The van der Waals surface area contributed by atoms with Gasteiger partial charge in [-0.05, 0) is 48.9 Å². The van der Waals surface area contributed by atoms with Gasteiger partial charge in [-0.3, -0.25) is 4.79 Å². The van der Waals surface area contributed by atoms with Crippen molar-refractivity contribution in [2.24, 2.45) is 0 Å². The molecule has 0 radical (unpaired) electrons. The Morgan fingerprint density at radius 2 is 1.85 bits per heavy atom. The van der Waals surface area contributed by atoms with Crippen LogP contribution in [0, 0.1) is 11.3 Å². The molecule has 0 aromatic heterocycles. The lowest BCUT2D eigenvalue weighted by Gasteiger charge is -2.21. The molecule has 1 heterocycles. The molecule has 27 heavy (non-hydrogen) atoms. The molecular weight excluding hydrogens is 334 g/mol. The number of amides is 1. The Morgan fingerprint density at radius 1 is 1.19 bits per heavy atom. The van der Waals surface area contributed by atoms with E-state index in [1.807, 2.05) is 41.3 Å². The summed E-state index contributed by atoms with van der Waals surface area (Å²) in [6, 6.07) is 16.5. The number of anilines is 2. The van der Waals surface area contributed by atoms with Crippen LogP contribution in [0.4, 0.5) is 11.4 Å². The number of hydrogen-bond acceptors (Lipinski definition) is 3. The van der Waals surface area contributed by atoms with Crippen LogP contribution < -0.4 is 10.2 Å². The van der Waals surface area contributed by atoms with Crippen molar-refractivity contribution in [3.63, 3.8) is 0 Å². The summed E-state index contributed by atoms with van der Waals surface area (Å²) >= 11 is 0. The molecule has 0 saturated carbocycles. The summed E-state index contributed by atoms with van der Waals surface area (Å²) < 4.78 is 0. The largest absolute Gasteiger partial charge is 0.343 e. The van der Waals surface area contributed by atoms with Crippen molar-refractivity contribution < 1.29 is 4.79 Å². The Balaban J connectivity index is 1.90. The molecule has 138 valence electrons. The maximum absolute atomic E-state index is 12.9. The van der Waals surface area contributed by atoms with E-state index in [4.69, 9.17) is 0 Å². The van der Waals surface area contributed by atoms with Gasteiger partial charge < -0.3 is 10.2 Å². The van der Waals surface area contributed by atoms with Crippen molar-refractivity contribution in [3.05, 3.63) is 70.9 Å². The predicted octanol–water partition coefficient (Wildman–Crippen LogP) is 4.61. The van der Waals surface area contributed by atoms with E-state index in [0.29, 0.717) is 0 Å².